The average molecular weight is 365 g/mol. The molecule has 0 saturated heterocycles. The van der Waals surface area contributed by atoms with Crippen LogP contribution < -0.4 is 5.73 Å². The number of fused-ring (bicyclic) bond motifs is 1. The van der Waals surface area contributed by atoms with Crippen LogP contribution in [0.15, 0.2) is 35.8 Å². The Morgan fingerprint density at radius 1 is 1.27 bits per heavy atom. The lowest BCUT2D eigenvalue weighted by Gasteiger charge is -2.15. The standard InChI is InChI=1S/C19H19N5OS/c1-2-18-21-9-12-10-24(11-16(12)23-18)19(25)8-15-13(20)5-6-14(22-15)17-4-3-7-26-17/h3-7,9H,2,8,10-11,20H2,1H3. The molecule has 2 N–H and O–H groups in total. The van der Waals surface area contributed by atoms with Crippen molar-refractivity contribution in [2.75, 3.05) is 5.73 Å². The molecule has 7 heteroatoms. The molecule has 0 saturated carbocycles. The van der Waals surface area contributed by atoms with Crippen molar-refractivity contribution in [2.24, 2.45) is 0 Å². The van der Waals surface area contributed by atoms with Crippen LogP contribution in [0.3, 0.4) is 0 Å². The lowest BCUT2D eigenvalue weighted by Crippen LogP contribution is -2.27. The van der Waals surface area contributed by atoms with Gasteiger partial charge in [-0.05, 0) is 23.6 Å². The van der Waals surface area contributed by atoms with Crippen molar-refractivity contribution in [1.29, 1.82) is 0 Å². The minimum atomic E-state index is 0.00331. The Balaban J connectivity index is 1.51. The normalized spacial score (nSPS) is 13.0. The molecule has 1 amide bonds. The summed E-state index contributed by atoms with van der Waals surface area (Å²) in [5, 5.41) is 2.01. The second-order valence-electron chi connectivity index (χ2n) is 6.25. The molecule has 4 rings (SSSR count). The Labute approximate surface area is 155 Å². The van der Waals surface area contributed by atoms with Gasteiger partial charge in [-0.3, -0.25) is 4.79 Å². The van der Waals surface area contributed by atoms with Gasteiger partial charge in [0, 0.05) is 24.7 Å². The summed E-state index contributed by atoms with van der Waals surface area (Å²) in [6.45, 7) is 3.09. The molecule has 26 heavy (non-hydrogen) atoms. The molecule has 0 aromatic carbocycles. The van der Waals surface area contributed by atoms with E-state index in [-0.39, 0.29) is 12.3 Å². The largest absolute Gasteiger partial charge is 0.397 e. The number of carbonyl (C=O) groups excluding carboxylic acids is 1. The van der Waals surface area contributed by atoms with Crippen LogP contribution >= 0.6 is 11.3 Å². The zero-order chi connectivity index (χ0) is 18.1. The fraction of sp³-hybridized carbons (Fsp3) is 0.263. The Morgan fingerprint density at radius 3 is 2.92 bits per heavy atom. The maximum atomic E-state index is 12.8. The number of thiophene rings is 1. The van der Waals surface area contributed by atoms with E-state index >= 15 is 0 Å². The molecule has 1 aliphatic heterocycles. The van der Waals surface area contributed by atoms with Crippen molar-refractivity contribution in [2.45, 2.75) is 32.9 Å². The molecule has 6 nitrogen and oxygen atoms in total. The summed E-state index contributed by atoms with van der Waals surface area (Å²) in [6.07, 6.45) is 2.81. The summed E-state index contributed by atoms with van der Waals surface area (Å²) >= 11 is 1.62. The van der Waals surface area contributed by atoms with Crippen LogP contribution in [0.1, 0.15) is 29.7 Å². The van der Waals surface area contributed by atoms with E-state index in [0.29, 0.717) is 24.5 Å². The Hall–Kier alpha value is -2.80. The van der Waals surface area contributed by atoms with E-state index in [9.17, 15) is 4.79 Å². The molecule has 1 aliphatic rings. The van der Waals surface area contributed by atoms with Crippen LogP contribution in [0.5, 0.6) is 0 Å². The topological polar surface area (TPSA) is 85.0 Å². The van der Waals surface area contributed by atoms with Crippen molar-refractivity contribution in [3.63, 3.8) is 0 Å². The lowest BCUT2D eigenvalue weighted by atomic mass is 10.2. The minimum absolute atomic E-state index is 0.00331. The number of amides is 1. The summed E-state index contributed by atoms with van der Waals surface area (Å²) < 4.78 is 0. The first-order chi connectivity index (χ1) is 12.6. The van der Waals surface area contributed by atoms with Gasteiger partial charge in [-0.2, -0.15) is 0 Å². The first kappa shape index (κ1) is 16.7. The number of rotatable bonds is 4. The van der Waals surface area contributed by atoms with Crippen LogP contribution in [-0.2, 0) is 30.7 Å². The number of nitrogens with two attached hydrogens (primary N) is 1. The van der Waals surface area contributed by atoms with Gasteiger partial charge in [0.25, 0.3) is 0 Å². The van der Waals surface area contributed by atoms with Gasteiger partial charge in [0.15, 0.2) is 0 Å². The number of aryl methyl sites for hydroxylation is 1. The van der Waals surface area contributed by atoms with E-state index in [4.69, 9.17) is 5.73 Å². The number of hydrogen-bond donors (Lipinski definition) is 1. The van der Waals surface area contributed by atoms with E-state index in [1.54, 1.807) is 16.2 Å². The number of nitrogen functional groups attached to an aromatic ring is 1. The van der Waals surface area contributed by atoms with Gasteiger partial charge in [-0.25, -0.2) is 15.0 Å². The molecule has 0 bridgehead atoms. The third kappa shape index (κ3) is 3.17. The van der Waals surface area contributed by atoms with E-state index < -0.39 is 0 Å². The van der Waals surface area contributed by atoms with Crippen molar-refractivity contribution in [1.82, 2.24) is 19.9 Å². The van der Waals surface area contributed by atoms with Crippen LogP contribution in [-0.4, -0.2) is 25.8 Å². The summed E-state index contributed by atoms with van der Waals surface area (Å²) in [5.74, 6) is 0.816. The van der Waals surface area contributed by atoms with Crippen LogP contribution in [0.4, 0.5) is 5.69 Å². The fourth-order valence-electron chi connectivity index (χ4n) is 3.01. The smallest absolute Gasteiger partial charge is 0.229 e. The Bertz CT molecular complexity index is 955. The highest BCUT2D eigenvalue weighted by Crippen LogP contribution is 2.26. The van der Waals surface area contributed by atoms with Gasteiger partial charge in [0.2, 0.25) is 5.91 Å². The van der Waals surface area contributed by atoms with Gasteiger partial charge in [-0.15, -0.1) is 11.3 Å². The predicted molar refractivity (Wildman–Crippen MR) is 101 cm³/mol. The van der Waals surface area contributed by atoms with Crippen molar-refractivity contribution in [3.8, 4) is 10.6 Å². The quantitative estimate of drug-likeness (QED) is 0.768. The molecule has 0 atom stereocenters. The van der Waals surface area contributed by atoms with Gasteiger partial charge in [-0.1, -0.05) is 13.0 Å². The lowest BCUT2D eigenvalue weighted by molar-refractivity contribution is -0.131. The molecule has 0 spiro atoms. The average Bonchev–Trinajstić information content (AvgIpc) is 3.32. The van der Waals surface area contributed by atoms with Crippen LogP contribution in [0.25, 0.3) is 10.6 Å². The summed E-state index contributed by atoms with van der Waals surface area (Å²) in [6, 6.07) is 7.71. The second kappa shape index (κ2) is 6.84. The first-order valence-corrected chi connectivity index (χ1v) is 9.42. The fourth-order valence-corrected chi connectivity index (χ4v) is 3.71. The number of aromatic nitrogens is 3. The van der Waals surface area contributed by atoms with E-state index in [1.165, 1.54) is 0 Å². The molecular formula is C19H19N5OS. The molecule has 0 fully saturated rings. The third-order valence-electron chi connectivity index (χ3n) is 4.48. The van der Waals surface area contributed by atoms with Gasteiger partial charge >= 0.3 is 0 Å². The Kier molecular flexibility index (Phi) is 4.38. The van der Waals surface area contributed by atoms with E-state index in [1.807, 2.05) is 42.8 Å². The van der Waals surface area contributed by atoms with Gasteiger partial charge in [0.05, 0.1) is 40.6 Å². The Morgan fingerprint density at radius 2 is 2.15 bits per heavy atom. The zero-order valence-corrected chi connectivity index (χ0v) is 15.3. The maximum absolute atomic E-state index is 12.8. The van der Waals surface area contributed by atoms with Crippen molar-refractivity contribution >= 4 is 22.9 Å². The minimum Gasteiger partial charge on any atom is -0.397 e. The van der Waals surface area contributed by atoms with Gasteiger partial charge < -0.3 is 10.6 Å². The highest BCUT2D eigenvalue weighted by atomic mass is 32.1. The number of carbonyl (C=O) groups is 1. The van der Waals surface area contributed by atoms with E-state index in [2.05, 4.69) is 15.0 Å². The summed E-state index contributed by atoms with van der Waals surface area (Å²) in [5.41, 5.74) is 10.0. The van der Waals surface area contributed by atoms with Crippen LogP contribution in [0, 0.1) is 0 Å². The zero-order valence-electron chi connectivity index (χ0n) is 14.5. The third-order valence-corrected chi connectivity index (χ3v) is 5.37. The number of nitrogens with zero attached hydrogens (tertiary/aromatic N) is 4. The van der Waals surface area contributed by atoms with Gasteiger partial charge in [0.1, 0.15) is 5.82 Å². The molecular weight excluding hydrogens is 346 g/mol. The molecule has 0 unspecified atom stereocenters. The second-order valence-corrected chi connectivity index (χ2v) is 7.20. The first-order valence-electron chi connectivity index (χ1n) is 8.54. The van der Waals surface area contributed by atoms with Crippen molar-refractivity contribution < 1.29 is 4.79 Å². The SMILES string of the molecule is CCc1ncc2c(n1)CN(C(=O)Cc1nc(-c3cccs3)ccc1N)C2. The maximum Gasteiger partial charge on any atom is 0.229 e. The molecule has 3 aromatic heterocycles. The number of pyridine rings is 1. The van der Waals surface area contributed by atoms with Crippen molar-refractivity contribution in [3.05, 3.63) is 58.6 Å². The summed E-state index contributed by atoms with van der Waals surface area (Å²) in [4.78, 5) is 29.1. The molecule has 0 radical (unpaired) electrons. The molecule has 132 valence electrons. The highest BCUT2D eigenvalue weighted by Gasteiger charge is 2.26. The number of anilines is 1. The monoisotopic (exact) mass is 365 g/mol. The summed E-state index contributed by atoms with van der Waals surface area (Å²) in [7, 11) is 0. The highest BCUT2D eigenvalue weighted by molar-refractivity contribution is 7.13. The molecule has 0 aliphatic carbocycles. The van der Waals surface area contributed by atoms with Crippen LogP contribution in [0.2, 0.25) is 0 Å². The van der Waals surface area contributed by atoms with E-state index in [0.717, 1.165) is 34.1 Å². The predicted octanol–water partition coefficient (Wildman–Crippen LogP) is 2.83. The number of hydrogen-bond acceptors (Lipinski definition) is 6. The molecule has 3 aromatic rings. The molecule has 4 heterocycles.